The SMILES string of the molecule is CCNC(=NCC1CCCN(CC)C1)NC1CCCCC1.I. The van der Waals surface area contributed by atoms with Crippen molar-refractivity contribution in [3.63, 3.8) is 0 Å². The van der Waals surface area contributed by atoms with Crippen molar-refractivity contribution in [2.45, 2.75) is 64.8 Å². The van der Waals surface area contributed by atoms with Gasteiger partial charge in [-0.1, -0.05) is 26.2 Å². The summed E-state index contributed by atoms with van der Waals surface area (Å²) in [6.45, 7) is 10.0. The summed E-state index contributed by atoms with van der Waals surface area (Å²) in [5.41, 5.74) is 0. The highest BCUT2D eigenvalue weighted by molar-refractivity contribution is 14.0. The molecule has 5 heteroatoms. The van der Waals surface area contributed by atoms with Gasteiger partial charge in [-0.2, -0.15) is 0 Å². The maximum Gasteiger partial charge on any atom is 0.191 e. The molecule has 0 aromatic heterocycles. The van der Waals surface area contributed by atoms with Gasteiger partial charge in [-0.05, 0) is 51.6 Å². The van der Waals surface area contributed by atoms with Gasteiger partial charge in [0.1, 0.15) is 0 Å². The van der Waals surface area contributed by atoms with Gasteiger partial charge in [-0.15, -0.1) is 24.0 Å². The van der Waals surface area contributed by atoms with E-state index in [2.05, 4.69) is 29.4 Å². The second kappa shape index (κ2) is 11.5. The molecule has 0 radical (unpaired) electrons. The van der Waals surface area contributed by atoms with Gasteiger partial charge in [0.15, 0.2) is 5.96 Å². The zero-order valence-corrected chi connectivity index (χ0v) is 16.8. The Morgan fingerprint density at radius 1 is 1.09 bits per heavy atom. The lowest BCUT2D eigenvalue weighted by atomic mass is 9.96. The van der Waals surface area contributed by atoms with E-state index in [4.69, 9.17) is 4.99 Å². The molecular formula is C17H35IN4. The fourth-order valence-corrected chi connectivity index (χ4v) is 3.57. The molecule has 1 unspecified atom stereocenters. The smallest absolute Gasteiger partial charge is 0.191 e. The Morgan fingerprint density at radius 2 is 1.86 bits per heavy atom. The lowest BCUT2D eigenvalue weighted by Crippen LogP contribution is -2.44. The molecule has 22 heavy (non-hydrogen) atoms. The van der Waals surface area contributed by atoms with Crippen LogP contribution in [0.2, 0.25) is 0 Å². The van der Waals surface area contributed by atoms with Gasteiger partial charge < -0.3 is 15.5 Å². The van der Waals surface area contributed by atoms with Gasteiger partial charge in [0.05, 0.1) is 0 Å². The Morgan fingerprint density at radius 3 is 2.55 bits per heavy atom. The maximum absolute atomic E-state index is 4.87. The summed E-state index contributed by atoms with van der Waals surface area (Å²) >= 11 is 0. The lowest BCUT2D eigenvalue weighted by Gasteiger charge is -2.31. The van der Waals surface area contributed by atoms with Crippen molar-refractivity contribution >= 4 is 29.9 Å². The first-order valence-corrected chi connectivity index (χ1v) is 9.09. The number of piperidine rings is 1. The summed E-state index contributed by atoms with van der Waals surface area (Å²) in [4.78, 5) is 7.43. The Labute approximate surface area is 153 Å². The van der Waals surface area contributed by atoms with E-state index in [1.54, 1.807) is 0 Å². The Hall–Kier alpha value is -0.0400. The Kier molecular flexibility index (Phi) is 10.4. The third kappa shape index (κ3) is 7.02. The molecule has 2 fully saturated rings. The predicted molar refractivity (Wildman–Crippen MR) is 106 cm³/mol. The van der Waals surface area contributed by atoms with Gasteiger partial charge in [0.2, 0.25) is 0 Å². The van der Waals surface area contributed by atoms with E-state index in [1.165, 1.54) is 64.6 Å². The average Bonchev–Trinajstić information content (AvgIpc) is 2.54. The van der Waals surface area contributed by atoms with Crippen molar-refractivity contribution in [3.8, 4) is 0 Å². The van der Waals surface area contributed by atoms with Crippen LogP contribution in [0.5, 0.6) is 0 Å². The van der Waals surface area contributed by atoms with Crippen LogP contribution >= 0.6 is 24.0 Å². The second-order valence-electron chi connectivity index (χ2n) is 6.60. The number of nitrogens with one attached hydrogen (secondary N) is 2. The van der Waals surface area contributed by atoms with Crippen molar-refractivity contribution in [1.82, 2.24) is 15.5 Å². The highest BCUT2D eigenvalue weighted by Gasteiger charge is 2.19. The van der Waals surface area contributed by atoms with Crippen molar-refractivity contribution in [3.05, 3.63) is 0 Å². The van der Waals surface area contributed by atoms with Gasteiger partial charge in [0, 0.05) is 25.7 Å². The zero-order chi connectivity index (χ0) is 14.9. The lowest BCUT2D eigenvalue weighted by molar-refractivity contribution is 0.186. The van der Waals surface area contributed by atoms with E-state index in [9.17, 15) is 0 Å². The standard InChI is InChI=1S/C17H34N4.HI/c1-3-18-17(20-16-10-6-5-7-11-16)19-13-15-9-8-12-21(4-2)14-15;/h15-16H,3-14H2,1-2H3,(H2,18,19,20);1H. The van der Waals surface area contributed by atoms with Gasteiger partial charge in [-0.25, -0.2) is 0 Å². The average molecular weight is 422 g/mol. The first-order chi connectivity index (χ1) is 10.3. The monoisotopic (exact) mass is 422 g/mol. The quantitative estimate of drug-likeness (QED) is 0.406. The molecule has 130 valence electrons. The van der Waals surface area contributed by atoms with Crippen LogP contribution in [-0.2, 0) is 0 Å². The van der Waals surface area contributed by atoms with Crippen LogP contribution in [0.25, 0.3) is 0 Å². The third-order valence-corrected chi connectivity index (χ3v) is 4.85. The van der Waals surface area contributed by atoms with E-state index in [0.29, 0.717) is 6.04 Å². The molecule has 2 aliphatic rings. The predicted octanol–water partition coefficient (Wildman–Crippen LogP) is 3.22. The number of hydrogen-bond donors (Lipinski definition) is 2. The third-order valence-electron chi connectivity index (χ3n) is 4.85. The molecule has 1 saturated heterocycles. The first kappa shape index (κ1) is 20.0. The number of hydrogen-bond acceptors (Lipinski definition) is 2. The molecule has 0 bridgehead atoms. The van der Waals surface area contributed by atoms with Crippen LogP contribution in [0.4, 0.5) is 0 Å². The van der Waals surface area contributed by atoms with Crippen LogP contribution in [0.1, 0.15) is 58.8 Å². The summed E-state index contributed by atoms with van der Waals surface area (Å²) in [5, 5.41) is 7.07. The Balaban J connectivity index is 0.00000242. The molecular weight excluding hydrogens is 387 g/mol. The molecule has 0 amide bonds. The molecule has 0 aromatic carbocycles. The molecule has 1 aliphatic carbocycles. The minimum Gasteiger partial charge on any atom is -0.357 e. The zero-order valence-electron chi connectivity index (χ0n) is 14.4. The van der Waals surface area contributed by atoms with E-state index in [-0.39, 0.29) is 24.0 Å². The van der Waals surface area contributed by atoms with E-state index < -0.39 is 0 Å². The fraction of sp³-hybridized carbons (Fsp3) is 0.941. The van der Waals surface area contributed by atoms with Crippen molar-refractivity contribution in [1.29, 1.82) is 0 Å². The molecule has 2 N–H and O–H groups in total. The minimum absolute atomic E-state index is 0. The highest BCUT2D eigenvalue weighted by atomic mass is 127. The number of rotatable bonds is 5. The minimum atomic E-state index is 0. The molecule has 0 spiro atoms. The second-order valence-corrected chi connectivity index (χ2v) is 6.60. The number of aliphatic imine (C=N–C) groups is 1. The largest absolute Gasteiger partial charge is 0.357 e. The van der Waals surface area contributed by atoms with Crippen molar-refractivity contribution in [2.24, 2.45) is 10.9 Å². The molecule has 1 saturated carbocycles. The first-order valence-electron chi connectivity index (χ1n) is 9.09. The topological polar surface area (TPSA) is 39.7 Å². The molecule has 2 rings (SSSR count). The highest BCUT2D eigenvalue weighted by Crippen LogP contribution is 2.18. The number of halogens is 1. The Bertz CT molecular complexity index is 316. The van der Waals surface area contributed by atoms with Crippen molar-refractivity contribution < 1.29 is 0 Å². The normalized spacial score (nSPS) is 24.6. The van der Waals surface area contributed by atoms with Gasteiger partial charge in [0.25, 0.3) is 0 Å². The maximum atomic E-state index is 4.87. The fourth-order valence-electron chi connectivity index (χ4n) is 3.57. The number of guanidine groups is 1. The summed E-state index contributed by atoms with van der Waals surface area (Å²) in [5.74, 6) is 1.78. The summed E-state index contributed by atoms with van der Waals surface area (Å²) in [6, 6.07) is 0.634. The molecule has 1 atom stereocenters. The molecule has 1 aliphatic heterocycles. The van der Waals surface area contributed by atoms with Gasteiger partial charge in [-0.3, -0.25) is 4.99 Å². The number of nitrogens with zero attached hydrogens (tertiary/aromatic N) is 2. The van der Waals surface area contributed by atoms with Crippen LogP contribution in [0.15, 0.2) is 4.99 Å². The number of likely N-dealkylation sites (tertiary alicyclic amines) is 1. The van der Waals surface area contributed by atoms with Gasteiger partial charge >= 0.3 is 0 Å². The van der Waals surface area contributed by atoms with E-state index in [1.807, 2.05) is 0 Å². The molecule has 1 heterocycles. The van der Waals surface area contributed by atoms with Crippen LogP contribution in [-0.4, -0.2) is 49.6 Å². The van der Waals surface area contributed by atoms with E-state index >= 15 is 0 Å². The van der Waals surface area contributed by atoms with Crippen LogP contribution < -0.4 is 10.6 Å². The van der Waals surface area contributed by atoms with Crippen LogP contribution in [0, 0.1) is 5.92 Å². The summed E-state index contributed by atoms with van der Waals surface area (Å²) in [6.07, 6.45) is 9.41. The summed E-state index contributed by atoms with van der Waals surface area (Å²) in [7, 11) is 0. The van der Waals surface area contributed by atoms with Crippen molar-refractivity contribution in [2.75, 3.05) is 32.7 Å². The molecule has 0 aromatic rings. The van der Waals surface area contributed by atoms with E-state index in [0.717, 1.165) is 25.0 Å². The summed E-state index contributed by atoms with van der Waals surface area (Å²) < 4.78 is 0. The van der Waals surface area contributed by atoms with Crippen LogP contribution in [0.3, 0.4) is 0 Å². The molecule has 4 nitrogen and oxygen atoms in total.